The molecule has 0 saturated carbocycles. The van der Waals surface area contributed by atoms with Crippen molar-refractivity contribution in [2.45, 2.75) is 32.3 Å². The number of benzene rings is 1. The van der Waals surface area contributed by atoms with Gasteiger partial charge >= 0.3 is 0 Å². The summed E-state index contributed by atoms with van der Waals surface area (Å²) in [4.78, 5) is 2.15. The summed E-state index contributed by atoms with van der Waals surface area (Å²) in [6, 6.07) is 10.4. The monoisotopic (exact) mass is 265 g/mol. The van der Waals surface area contributed by atoms with E-state index in [9.17, 15) is 5.11 Å². The molecule has 0 aromatic heterocycles. The maximum Gasteiger partial charge on any atom is 0.0900 e. The van der Waals surface area contributed by atoms with Crippen LogP contribution < -0.4 is 0 Å². The molecule has 1 atom stereocenters. The summed E-state index contributed by atoms with van der Waals surface area (Å²) in [6.45, 7) is 4.95. The third-order valence-electron chi connectivity index (χ3n) is 3.10. The second-order valence-corrected chi connectivity index (χ2v) is 5.08. The number of rotatable bonds is 10. The maximum absolute atomic E-state index is 9.85. The molecule has 0 radical (unpaired) electrons. The van der Waals surface area contributed by atoms with Crippen molar-refractivity contribution in [3.05, 3.63) is 35.9 Å². The van der Waals surface area contributed by atoms with Gasteiger partial charge in [0.05, 0.1) is 12.7 Å². The Morgan fingerprint density at radius 3 is 2.68 bits per heavy atom. The Hall–Kier alpha value is -0.900. The van der Waals surface area contributed by atoms with Crippen LogP contribution in [0, 0.1) is 0 Å². The fourth-order valence-corrected chi connectivity index (χ4v) is 1.93. The van der Waals surface area contributed by atoms with Crippen LogP contribution in [-0.4, -0.2) is 49.5 Å². The molecule has 0 amide bonds. The highest BCUT2D eigenvalue weighted by Gasteiger charge is 2.08. The number of unbranched alkanes of at least 4 members (excludes halogenated alkanes) is 1. The molecule has 3 heteroatoms. The lowest BCUT2D eigenvalue weighted by molar-refractivity contribution is 0.0201. The lowest BCUT2D eigenvalue weighted by Crippen LogP contribution is -2.33. The summed E-state index contributed by atoms with van der Waals surface area (Å²) in [6.07, 6.45) is 2.82. The molecule has 19 heavy (non-hydrogen) atoms. The van der Waals surface area contributed by atoms with Crippen LogP contribution in [0.15, 0.2) is 30.3 Å². The van der Waals surface area contributed by atoms with E-state index in [1.165, 1.54) is 5.56 Å². The van der Waals surface area contributed by atoms with Crippen molar-refractivity contribution < 1.29 is 9.84 Å². The van der Waals surface area contributed by atoms with Gasteiger partial charge in [-0.3, -0.25) is 0 Å². The molecule has 0 heterocycles. The number of aliphatic hydroxyl groups excluding tert-OH is 1. The lowest BCUT2D eigenvalue weighted by Gasteiger charge is -2.20. The molecule has 1 aromatic rings. The lowest BCUT2D eigenvalue weighted by atomic mass is 10.1. The van der Waals surface area contributed by atoms with Crippen molar-refractivity contribution in [3.63, 3.8) is 0 Å². The molecular weight excluding hydrogens is 238 g/mol. The van der Waals surface area contributed by atoms with Crippen LogP contribution >= 0.6 is 0 Å². The highest BCUT2D eigenvalue weighted by molar-refractivity contribution is 5.14. The molecule has 1 rings (SSSR count). The Kier molecular flexibility index (Phi) is 8.47. The Morgan fingerprint density at radius 1 is 1.26 bits per heavy atom. The van der Waals surface area contributed by atoms with E-state index in [1.54, 1.807) is 0 Å². The first-order valence-electron chi connectivity index (χ1n) is 7.20. The molecule has 0 aliphatic rings. The second-order valence-electron chi connectivity index (χ2n) is 5.08. The van der Waals surface area contributed by atoms with Crippen molar-refractivity contribution >= 4 is 0 Å². The van der Waals surface area contributed by atoms with Gasteiger partial charge in [0.2, 0.25) is 0 Å². The topological polar surface area (TPSA) is 32.7 Å². The van der Waals surface area contributed by atoms with E-state index in [4.69, 9.17) is 4.74 Å². The van der Waals surface area contributed by atoms with Gasteiger partial charge in [-0.2, -0.15) is 0 Å². The van der Waals surface area contributed by atoms with Crippen molar-refractivity contribution in [1.29, 1.82) is 0 Å². The molecule has 1 aromatic carbocycles. The van der Waals surface area contributed by atoms with Gasteiger partial charge in [-0.05, 0) is 25.5 Å². The highest BCUT2D eigenvalue weighted by Crippen LogP contribution is 2.01. The molecule has 0 aliphatic carbocycles. The first kappa shape index (κ1) is 16.2. The Morgan fingerprint density at radius 2 is 2.00 bits per heavy atom. The van der Waals surface area contributed by atoms with Crippen LogP contribution in [0.2, 0.25) is 0 Å². The third kappa shape index (κ3) is 7.98. The summed E-state index contributed by atoms with van der Waals surface area (Å²) < 4.78 is 5.42. The van der Waals surface area contributed by atoms with E-state index in [0.717, 1.165) is 32.4 Å². The summed E-state index contributed by atoms with van der Waals surface area (Å²) in [5, 5.41) is 9.85. The number of ether oxygens (including phenoxy) is 1. The number of aliphatic hydroxyl groups is 1. The number of hydrogen-bond donors (Lipinski definition) is 1. The number of nitrogens with zero attached hydrogens (tertiary/aromatic N) is 1. The van der Waals surface area contributed by atoms with E-state index < -0.39 is 6.10 Å². The minimum atomic E-state index is -0.391. The minimum absolute atomic E-state index is 0.391. The van der Waals surface area contributed by atoms with Gasteiger partial charge in [-0.15, -0.1) is 0 Å². The standard InChI is InChI=1S/C16H27NO2/c1-3-4-12-19-14-16(18)13-17(2)11-10-15-8-6-5-7-9-15/h5-9,16,18H,3-4,10-14H2,1-2H3. The minimum Gasteiger partial charge on any atom is -0.389 e. The van der Waals surface area contributed by atoms with E-state index in [1.807, 2.05) is 13.1 Å². The molecule has 0 fully saturated rings. The van der Waals surface area contributed by atoms with E-state index in [2.05, 4.69) is 36.1 Å². The normalized spacial score (nSPS) is 12.8. The second kappa shape index (κ2) is 9.96. The summed E-state index contributed by atoms with van der Waals surface area (Å²) in [5.41, 5.74) is 1.34. The van der Waals surface area contributed by atoms with Crippen LogP contribution in [-0.2, 0) is 11.2 Å². The third-order valence-corrected chi connectivity index (χ3v) is 3.10. The Labute approximate surface area is 117 Å². The zero-order chi connectivity index (χ0) is 13.9. The summed E-state index contributed by atoms with van der Waals surface area (Å²) in [5.74, 6) is 0. The van der Waals surface area contributed by atoms with Crippen LogP contribution in [0.4, 0.5) is 0 Å². The molecule has 3 nitrogen and oxygen atoms in total. The SMILES string of the molecule is CCCCOCC(O)CN(C)CCc1ccccc1. The van der Waals surface area contributed by atoms with Crippen LogP contribution in [0.3, 0.4) is 0 Å². The van der Waals surface area contributed by atoms with Gasteiger partial charge in [0.1, 0.15) is 0 Å². The summed E-state index contributed by atoms with van der Waals surface area (Å²) >= 11 is 0. The van der Waals surface area contributed by atoms with E-state index in [-0.39, 0.29) is 0 Å². The van der Waals surface area contributed by atoms with Gasteiger partial charge in [0.15, 0.2) is 0 Å². The van der Waals surface area contributed by atoms with Gasteiger partial charge < -0.3 is 14.7 Å². The molecular formula is C16H27NO2. The van der Waals surface area contributed by atoms with Gasteiger partial charge in [-0.1, -0.05) is 43.7 Å². The Bertz CT molecular complexity index is 316. The highest BCUT2D eigenvalue weighted by atomic mass is 16.5. The zero-order valence-electron chi connectivity index (χ0n) is 12.2. The maximum atomic E-state index is 9.85. The zero-order valence-corrected chi connectivity index (χ0v) is 12.2. The largest absolute Gasteiger partial charge is 0.389 e. The van der Waals surface area contributed by atoms with Crippen molar-refractivity contribution in [2.24, 2.45) is 0 Å². The smallest absolute Gasteiger partial charge is 0.0900 e. The van der Waals surface area contributed by atoms with Crippen molar-refractivity contribution in [3.8, 4) is 0 Å². The predicted octanol–water partition coefficient (Wildman–Crippen LogP) is 2.34. The van der Waals surface area contributed by atoms with Crippen LogP contribution in [0.25, 0.3) is 0 Å². The van der Waals surface area contributed by atoms with Crippen LogP contribution in [0.5, 0.6) is 0 Å². The predicted molar refractivity (Wildman–Crippen MR) is 79.4 cm³/mol. The molecule has 0 bridgehead atoms. The molecule has 1 unspecified atom stereocenters. The first-order chi connectivity index (χ1) is 9.22. The van der Waals surface area contributed by atoms with E-state index >= 15 is 0 Å². The van der Waals surface area contributed by atoms with Crippen LogP contribution in [0.1, 0.15) is 25.3 Å². The molecule has 0 spiro atoms. The van der Waals surface area contributed by atoms with Gasteiger partial charge in [-0.25, -0.2) is 0 Å². The van der Waals surface area contributed by atoms with Crippen molar-refractivity contribution in [2.75, 3.05) is 33.4 Å². The molecule has 1 N–H and O–H groups in total. The fraction of sp³-hybridized carbons (Fsp3) is 0.625. The number of hydrogen-bond acceptors (Lipinski definition) is 3. The summed E-state index contributed by atoms with van der Waals surface area (Å²) in [7, 11) is 2.04. The van der Waals surface area contributed by atoms with E-state index in [0.29, 0.717) is 13.2 Å². The molecule has 0 aliphatic heterocycles. The average Bonchev–Trinajstić information content (AvgIpc) is 2.42. The molecule has 108 valence electrons. The van der Waals surface area contributed by atoms with Crippen molar-refractivity contribution in [1.82, 2.24) is 4.90 Å². The quantitative estimate of drug-likeness (QED) is 0.659. The Balaban J connectivity index is 2.11. The average molecular weight is 265 g/mol. The van der Waals surface area contributed by atoms with Gasteiger partial charge in [0, 0.05) is 19.7 Å². The first-order valence-corrected chi connectivity index (χ1v) is 7.20. The van der Waals surface area contributed by atoms with Gasteiger partial charge in [0.25, 0.3) is 0 Å². The number of likely N-dealkylation sites (N-methyl/N-ethyl adjacent to an activating group) is 1. The fourth-order valence-electron chi connectivity index (χ4n) is 1.93. The molecule has 0 saturated heterocycles.